The molecule has 0 aliphatic carbocycles. The monoisotopic (exact) mass is 308 g/mol. The van der Waals surface area contributed by atoms with Gasteiger partial charge >= 0.3 is 100 Å². The Morgan fingerprint density at radius 3 is 1.12 bits per heavy atom. The minimum Gasteiger partial charge on any atom is -1.00 e. The van der Waals surface area contributed by atoms with Crippen LogP contribution in [0.15, 0.2) is 0 Å². The second-order valence-electron chi connectivity index (χ2n) is 0.408. The van der Waals surface area contributed by atoms with E-state index >= 15 is 0 Å². The average Bonchev–Trinajstić information content (AvgIpc) is 0.722. The Morgan fingerprint density at radius 1 is 1.12 bits per heavy atom. The molecular weight excluding hydrogens is 308 g/mol. The second-order valence-corrected chi connectivity index (χ2v) is 1.22. The second kappa shape index (κ2) is 10.4. The van der Waals surface area contributed by atoms with E-state index in [0.29, 0.717) is 0 Å². The van der Waals surface area contributed by atoms with Crippen molar-refractivity contribution in [2.24, 2.45) is 0 Å². The molecule has 0 N–H and O–H groups in total. The van der Waals surface area contributed by atoms with Crippen LogP contribution in [0.2, 0.25) is 0 Å². The van der Waals surface area contributed by atoms with Crippen LogP contribution < -0.4 is 63.8 Å². The predicted molar refractivity (Wildman–Crippen MR) is 16.2 cm³/mol. The van der Waals surface area contributed by atoms with Gasteiger partial charge in [-0.25, -0.2) is 0 Å². The fourth-order valence-electron chi connectivity index (χ4n) is 0. The van der Waals surface area contributed by atoms with Gasteiger partial charge in [0, 0.05) is 10.4 Å². The summed E-state index contributed by atoms with van der Waals surface area (Å²) in [5.74, 6) is 0. The number of rotatable bonds is 0. The third-order valence-corrected chi connectivity index (χ3v) is 0. The largest absolute Gasteiger partial charge is 2.00 e. The van der Waals surface area contributed by atoms with Gasteiger partial charge in [0.25, 0.3) is 0 Å². The van der Waals surface area contributed by atoms with Crippen molar-refractivity contribution in [1.29, 1.82) is 0 Å². The van der Waals surface area contributed by atoms with Crippen LogP contribution in [0, 0.1) is 0 Å². The maximum absolute atomic E-state index is 8.52. The van der Waals surface area contributed by atoms with Gasteiger partial charge in [-0.2, -0.15) is 0 Å². The van der Waals surface area contributed by atoms with E-state index in [2.05, 4.69) is 0 Å². The first kappa shape index (κ1) is 22.5. The Morgan fingerprint density at radius 2 is 1.12 bits per heavy atom. The van der Waals surface area contributed by atoms with Crippen LogP contribution in [0.5, 0.6) is 0 Å². The molecule has 0 heterocycles. The fraction of sp³-hybridized carbons (Fsp3) is 0. The maximum atomic E-state index is 8.52. The van der Waals surface area contributed by atoms with Crippen LogP contribution in [0.1, 0.15) is 0 Å². The molecule has 0 aliphatic rings. The summed E-state index contributed by atoms with van der Waals surface area (Å²) in [4.78, 5) is 0. The van der Waals surface area contributed by atoms with Gasteiger partial charge in [0.2, 0.25) is 0 Å². The molecule has 0 saturated carbocycles. The Bertz CT molecular complexity index is 99.2. The molecule has 0 unspecified atom stereocenters. The van der Waals surface area contributed by atoms with Crippen molar-refractivity contribution in [1.82, 2.24) is 0 Å². The quantitative estimate of drug-likeness (QED) is 0.253. The molecule has 0 saturated heterocycles. The Balaban J connectivity index is -0.0000000267. The molecule has 0 radical (unpaired) electrons. The molecule has 0 aromatic heterocycles. The third-order valence-electron chi connectivity index (χ3n) is 0. The number of hydrogen-bond donors (Lipinski definition) is 0. The minimum absolute atomic E-state index is 0. The van der Waals surface area contributed by atoms with Gasteiger partial charge in [-0.05, 0) is 0 Å². The summed E-state index contributed by atoms with van der Waals surface area (Å²) in [5, 5.41) is 0. The van der Waals surface area contributed by atoms with Crippen LogP contribution in [-0.2, 0) is 10.4 Å². The average molecular weight is 308 g/mol. The zero-order chi connectivity index (χ0) is 4.50. The molecular formula is BaClKO4S. The Kier molecular flexibility index (Phi) is 29.2. The topological polar surface area (TPSA) is 80.3 Å². The van der Waals surface area contributed by atoms with E-state index in [-0.39, 0.29) is 113 Å². The maximum Gasteiger partial charge on any atom is 2.00 e. The van der Waals surface area contributed by atoms with E-state index in [4.69, 9.17) is 17.5 Å². The summed E-state index contributed by atoms with van der Waals surface area (Å²) >= 11 is 0. The van der Waals surface area contributed by atoms with Crippen molar-refractivity contribution >= 4 is 59.3 Å². The van der Waals surface area contributed by atoms with Gasteiger partial charge in [0.15, 0.2) is 0 Å². The van der Waals surface area contributed by atoms with Crippen molar-refractivity contribution < 1.29 is 81.3 Å². The van der Waals surface area contributed by atoms with E-state index in [1.807, 2.05) is 0 Å². The molecule has 0 aromatic carbocycles. The molecule has 8 heavy (non-hydrogen) atoms. The SMILES string of the molecule is O=S(=O)([O-])[O-].[Ba+2].[Cl-].[K+]. The van der Waals surface area contributed by atoms with Crippen LogP contribution in [-0.4, -0.2) is 66.4 Å². The molecule has 0 bridgehead atoms. The molecule has 0 atom stereocenters. The molecule has 4 nitrogen and oxygen atoms in total. The zero-order valence-electron chi connectivity index (χ0n) is 4.13. The summed E-state index contributed by atoms with van der Waals surface area (Å²) in [6.07, 6.45) is 0. The van der Waals surface area contributed by atoms with Crippen LogP contribution in [0.3, 0.4) is 0 Å². The van der Waals surface area contributed by atoms with E-state index in [1.54, 1.807) is 0 Å². The van der Waals surface area contributed by atoms with Crippen molar-refractivity contribution in [3.05, 3.63) is 0 Å². The predicted octanol–water partition coefficient (Wildman–Crippen LogP) is -7.71. The normalized spacial score (nSPS) is 7.25. The van der Waals surface area contributed by atoms with Crippen LogP contribution in [0.25, 0.3) is 0 Å². The first-order valence-corrected chi connectivity index (χ1v) is 2.00. The molecule has 40 valence electrons. The number of hydrogen-bond acceptors (Lipinski definition) is 4. The molecule has 0 rings (SSSR count). The summed E-state index contributed by atoms with van der Waals surface area (Å²) in [6, 6.07) is 0. The van der Waals surface area contributed by atoms with Crippen LogP contribution in [0.4, 0.5) is 0 Å². The van der Waals surface area contributed by atoms with Gasteiger partial charge in [-0.15, -0.1) is 0 Å². The zero-order valence-corrected chi connectivity index (χ0v) is 13.3. The van der Waals surface area contributed by atoms with Gasteiger partial charge < -0.3 is 21.5 Å². The molecule has 0 aromatic rings. The number of halogens is 1. The smallest absolute Gasteiger partial charge is 1.00 e. The van der Waals surface area contributed by atoms with Gasteiger partial charge in [0.05, 0.1) is 0 Å². The van der Waals surface area contributed by atoms with Gasteiger partial charge in [-0.3, -0.25) is 8.42 Å². The summed E-state index contributed by atoms with van der Waals surface area (Å²) in [7, 11) is -5.17. The first-order valence-electron chi connectivity index (χ1n) is 0.667. The Labute approximate surface area is 137 Å². The van der Waals surface area contributed by atoms with Crippen LogP contribution >= 0.6 is 0 Å². The fourth-order valence-corrected chi connectivity index (χ4v) is 0. The van der Waals surface area contributed by atoms with Crippen molar-refractivity contribution in [3.63, 3.8) is 0 Å². The van der Waals surface area contributed by atoms with E-state index < -0.39 is 10.4 Å². The molecule has 0 amide bonds. The van der Waals surface area contributed by atoms with E-state index in [0.717, 1.165) is 0 Å². The van der Waals surface area contributed by atoms with Gasteiger partial charge in [-0.1, -0.05) is 0 Å². The summed E-state index contributed by atoms with van der Waals surface area (Å²) in [6.45, 7) is 0. The van der Waals surface area contributed by atoms with Crippen molar-refractivity contribution in [3.8, 4) is 0 Å². The Hall–Kier alpha value is 3.37. The standard InChI is InChI=1S/Ba.ClH.K.H2O4S/c;;;1-5(2,3)4/h;1H;;(H2,1,2,3,4)/q+2;;+1;/p-3. The summed E-state index contributed by atoms with van der Waals surface area (Å²) < 4.78 is 34.1. The summed E-state index contributed by atoms with van der Waals surface area (Å²) in [5.41, 5.74) is 0. The van der Waals surface area contributed by atoms with Gasteiger partial charge in [0.1, 0.15) is 0 Å². The van der Waals surface area contributed by atoms with E-state index in [1.165, 1.54) is 0 Å². The third kappa shape index (κ3) is 57.8. The minimum atomic E-state index is -5.17. The molecule has 0 aliphatic heterocycles. The molecule has 0 fully saturated rings. The van der Waals surface area contributed by atoms with Crippen molar-refractivity contribution in [2.75, 3.05) is 0 Å². The van der Waals surface area contributed by atoms with E-state index in [9.17, 15) is 0 Å². The first-order chi connectivity index (χ1) is 2.00. The van der Waals surface area contributed by atoms with Crippen molar-refractivity contribution in [2.45, 2.75) is 0 Å². The molecule has 8 heteroatoms. The molecule has 0 spiro atoms.